The molecule has 1 N–H and O–H groups in total. The number of carboxylic acids is 1. The molecule has 1 aliphatic heterocycles. The van der Waals surface area contributed by atoms with Crippen LogP contribution in [-0.4, -0.2) is 41.8 Å². The standard InChI is InChI=1S/C24H25NO4/c26-22(27)24(11-12-24)16-9-13-25(14-10-16)23(28)29-15-21-19-7-3-1-5-17(19)18-6-2-4-8-20(18)21/h1-8,16,21H,9-15H2,(H,26,27). The van der Waals surface area contributed by atoms with E-state index in [0.717, 1.165) is 25.7 Å². The zero-order valence-corrected chi connectivity index (χ0v) is 16.3. The molecule has 29 heavy (non-hydrogen) atoms. The number of hydrogen-bond acceptors (Lipinski definition) is 3. The number of fused-ring (bicyclic) bond motifs is 3. The third kappa shape index (κ3) is 3.00. The van der Waals surface area contributed by atoms with Crippen LogP contribution in [0.2, 0.25) is 0 Å². The van der Waals surface area contributed by atoms with Crippen LogP contribution in [0.25, 0.3) is 11.1 Å². The number of ether oxygens (including phenoxy) is 1. The van der Waals surface area contributed by atoms with E-state index in [0.29, 0.717) is 19.7 Å². The van der Waals surface area contributed by atoms with Crippen molar-refractivity contribution in [1.82, 2.24) is 4.90 Å². The molecule has 2 aromatic rings. The molecule has 0 unspecified atom stereocenters. The summed E-state index contributed by atoms with van der Waals surface area (Å²) < 4.78 is 5.73. The van der Waals surface area contributed by atoms with Gasteiger partial charge in [0.25, 0.3) is 0 Å². The van der Waals surface area contributed by atoms with Gasteiger partial charge < -0.3 is 14.7 Å². The highest BCUT2D eigenvalue weighted by Crippen LogP contribution is 2.55. The molecule has 0 aromatic heterocycles. The van der Waals surface area contributed by atoms with Crippen molar-refractivity contribution in [3.05, 3.63) is 59.7 Å². The molecule has 1 heterocycles. The summed E-state index contributed by atoms with van der Waals surface area (Å²) in [5, 5.41) is 9.49. The molecule has 5 nitrogen and oxygen atoms in total. The normalized spacial score (nSPS) is 20.1. The number of amides is 1. The Bertz CT molecular complexity index is 911. The molecule has 0 atom stereocenters. The summed E-state index contributed by atoms with van der Waals surface area (Å²) in [6.07, 6.45) is 2.76. The monoisotopic (exact) mass is 391 g/mol. The Kier molecular flexibility index (Phi) is 4.34. The number of carbonyl (C=O) groups excluding carboxylic acids is 1. The van der Waals surface area contributed by atoms with E-state index < -0.39 is 11.4 Å². The third-order valence-corrected chi connectivity index (χ3v) is 7.09. The zero-order chi connectivity index (χ0) is 20.0. The van der Waals surface area contributed by atoms with Gasteiger partial charge in [-0.3, -0.25) is 4.79 Å². The molecular weight excluding hydrogens is 366 g/mol. The fraction of sp³-hybridized carbons (Fsp3) is 0.417. The lowest BCUT2D eigenvalue weighted by Crippen LogP contribution is -2.42. The fourth-order valence-corrected chi connectivity index (χ4v) is 5.23. The topological polar surface area (TPSA) is 66.8 Å². The smallest absolute Gasteiger partial charge is 0.409 e. The molecule has 150 valence electrons. The largest absolute Gasteiger partial charge is 0.481 e. The van der Waals surface area contributed by atoms with Gasteiger partial charge in [0.15, 0.2) is 0 Å². The Balaban J connectivity index is 1.23. The second kappa shape index (κ2) is 6.90. The van der Waals surface area contributed by atoms with Gasteiger partial charge in [0.1, 0.15) is 6.61 Å². The van der Waals surface area contributed by atoms with Crippen LogP contribution in [0.1, 0.15) is 42.7 Å². The van der Waals surface area contributed by atoms with E-state index in [2.05, 4.69) is 24.3 Å². The fourth-order valence-electron chi connectivity index (χ4n) is 5.23. The second-order valence-corrected chi connectivity index (χ2v) is 8.53. The van der Waals surface area contributed by atoms with Crippen molar-refractivity contribution in [3.63, 3.8) is 0 Å². The second-order valence-electron chi connectivity index (χ2n) is 8.53. The van der Waals surface area contributed by atoms with Crippen molar-refractivity contribution >= 4 is 12.1 Å². The first-order chi connectivity index (χ1) is 14.1. The molecule has 5 heteroatoms. The SMILES string of the molecule is O=C(OCC1c2ccccc2-c2ccccc21)N1CCC(C2(C(=O)O)CC2)CC1. The van der Waals surface area contributed by atoms with Crippen LogP contribution in [-0.2, 0) is 9.53 Å². The van der Waals surface area contributed by atoms with Crippen LogP contribution < -0.4 is 0 Å². The van der Waals surface area contributed by atoms with E-state index in [9.17, 15) is 14.7 Å². The van der Waals surface area contributed by atoms with Crippen LogP contribution in [0.5, 0.6) is 0 Å². The first-order valence-corrected chi connectivity index (χ1v) is 10.4. The minimum Gasteiger partial charge on any atom is -0.481 e. The van der Waals surface area contributed by atoms with Gasteiger partial charge in [-0.2, -0.15) is 0 Å². The number of benzene rings is 2. The maximum Gasteiger partial charge on any atom is 0.409 e. The van der Waals surface area contributed by atoms with Gasteiger partial charge in [-0.1, -0.05) is 48.5 Å². The molecule has 2 aromatic carbocycles. The molecule has 1 amide bonds. The van der Waals surface area contributed by atoms with Crippen molar-refractivity contribution in [2.45, 2.75) is 31.6 Å². The number of rotatable bonds is 4. The van der Waals surface area contributed by atoms with Crippen LogP contribution in [0.4, 0.5) is 4.79 Å². The highest BCUT2D eigenvalue weighted by atomic mass is 16.6. The molecule has 1 saturated carbocycles. The van der Waals surface area contributed by atoms with E-state index in [1.165, 1.54) is 22.3 Å². The first kappa shape index (κ1) is 18.2. The zero-order valence-electron chi connectivity index (χ0n) is 16.3. The number of hydrogen-bond donors (Lipinski definition) is 1. The molecule has 2 aliphatic carbocycles. The van der Waals surface area contributed by atoms with Crippen LogP contribution >= 0.6 is 0 Å². The van der Waals surface area contributed by atoms with Crippen LogP contribution in [0.3, 0.4) is 0 Å². The molecule has 5 rings (SSSR count). The average molecular weight is 391 g/mol. The Morgan fingerprint density at radius 3 is 2.03 bits per heavy atom. The van der Waals surface area contributed by atoms with E-state index >= 15 is 0 Å². The number of piperidine rings is 1. The van der Waals surface area contributed by atoms with Gasteiger partial charge in [0, 0.05) is 19.0 Å². The van der Waals surface area contributed by atoms with Gasteiger partial charge in [-0.25, -0.2) is 4.79 Å². The lowest BCUT2D eigenvalue weighted by molar-refractivity contribution is -0.146. The summed E-state index contributed by atoms with van der Waals surface area (Å²) in [5.74, 6) is -0.430. The maximum absolute atomic E-state index is 12.7. The predicted octanol–water partition coefficient (Wildman–Crippen LogP) is 4.51. The van der Waals surface area contributed by atoms with E-state index in [-0.39, 0.29) is 17.9 Å². The molecule has 3 aliphatic rings. The van der Waals surface area contributed by atoms with E-state index in [1.807, 2.05) is 24.3 Å². The third-order valence-electron chi connectivity index (χ3n) is 7.09. The number of carboxylic acid groups (broad SMARTS) is 1. The van der Waals surface area contributed by atoms with Crippen molar-refractivity contribution in [2.75, 3.05) is 19.7 Å². The summed E-state index contributed by atoms with van der Waals surface area (Å²) in [6.45, 7) is 1.48. The van der Waals surface area contributed by atoms with Crippen molar-refractivity contribution in [2.24, 2.45) is 11.3 Å². The summed E-state index contributed by atoms with van der Waals surface area (Å²) >= 11 is 0. The Morgan fingerprint density at radius 2 is 1.52 bits per heavy atom. The Morgan fingerprint density at radius 1 is 0.966 bits per heavy atom. The van der Waals surface area contributed by atoms with Crippen LogP contribution in [0.15, 0.2) is 48.5 Å². The van der Waals surface area contributed by atoms with Crippen molar-refractivity contribution in [1.29, 1.82) is 0 Å². The lowest BCUT2D eigenvalue weighted by atomic mass is 9.81. The molecule has 2 fully saturated rings. The molecular formula is C24H25NO4. The van der Waals surface area contributed by atoms with Crippen molar-refractivity contribution < 1.29 is 19.4 Å². The van der Waals surface area contributed by atoms with Gasteiger partial charge in [0.05, 0.1) is 5.41 Å². The number of aliphatic carboxylic acids is 1. The highest BCUT2D eigenvalue weighted by Gasteiger charge is 2.56. The quantitative estimate of drug-likeness (QED) is 0.833. The summed E-state index contributed by atoms with van der Waals surface area (Å²) in [4.78, 5) is 26.0. The maximum atomic E-state index is 12.7. The lowest BCUT2D eigenvalue weighted by Gasteiger charge is -2.34. The number of nitrogens with zero attached hydrogens (tertiary/aromatic N) is 1. The van der Waals surface area contributed by atoms with Gasteiger partial charge in [-0.05, 0) is 53.9 Å². The minimum atomic E-state index is -0.669. The van der Waals surface area contributed by atoms with Crippen molar-refractivity contribution in [3.8, 4) is 11.1 Å². The van der Waals surface area contributed by atoms with Gasteiger partial charge >= 0.3 is 12.1 Å². The Hall–Kier alpha value is -2.82. The first-order valence-electron chi connectivity index (χ1n) is 10.4. The van der Waals surface area contributed by atoms with Gasteiger partial charge in [0.2, 0.25) is 0 Å². The Labute approximate surface area is 170 Å². The molecule has 1 saturated heterocycles. The van der Waals surface area contributed by atoms with E-state index in [4.69, 9.17) is 4.74 Å². The molecule has 0 spiro atoms. The van der Waals surface area contributed by atoms with Crippen LogP contribution in [0, 0.1) is 11.3 Å². The number of carbonyl (C=O) groups is 2. The predicted molar refractivity (Wildman–Crippen MR) is 109 cm³/mol. The summed E-state index contributed by atoms with van der Waals surface area (Å²) in [5.41, 5.74) is 4.32. The number of likely N-dealkylation sites (tertiary alicyclic amines) is 1. The highest BCUT2D eigenvalue weighted by molar-refractivity contribution is 5.79. The summed E-state index contributed by atoms with van der Waals surface area (Å²) in [7, 11) is 0. The minimum absolute atomic E-state index is 0.0608. The summed E-state index contributed by atoms with van der Waals surface area (Å²) in [6, 6.07) is 16.6. The van der Waals surface area contributed by atoms with E-state index in [1.54, 1.807) is 4.90 Å². The molecule has 0 bridgehead atoms. The average Bonchev–Trinajstić information content (AvgIpc) is 3.51. The molecule has 0 radical (unpaired) electrons. The van der Waals surface area contributed by atoms with Gasteiger partial charge in [-0.15, -0.1) is 0 Å².